The van der Waals surface area contributed by atoms with Gasteiger partial charge in [-0.05, 0) is 6.42 Å². The van der Waals surface area contributed by atoms with Gasteiger partial charge in [0, 0.05) is 13.1 Å². The Bertz CT molecular complexity index is 324. The van der Waals surface area contributed by atoms with E-state index in [9.17, 15) is 4.79 Å². The van der Waals surface area contributed by atoms with Gasteiger partial charge in [-0.3, -0.25) is 9.48 Å². The van der Waals surface area contributed by atoms with Crippen LogP contribution >= 0.6 is 0 Å². The number of aryl methyl sites for hydroxylation is 1. The zero-order valence-electron chi connectivity index (χ0n) is 9.52. The first-order valence-electron chi connectivity index (χ1n) is 5.57. The predicted molar refractivity (Wildman–Crippen MR) is 59.0 cm³/mol. The number of aromatic nitrogens is 3. The van der Waals surface area contributed by atoms with Crippen molar-refractivity contribution in [3.8, 4) is 0 Å². The second-order valence-electron chi connectivity index (χ2n) is 3.55. The Kier molecular flexibility index (Phi) is 5.49. The maximum Gasteiger partial charge on any atom is 0.273 e. The molecule has 0 aromatic carbocycles. The number of aliphatic hydroxyl groups is 1. The Labute approximate surface area is 94.7 Å². The molecule has 0 spiro atoms. The molecule has 1 aromatic heterocycles. The van der Waals surface area contributed by atoms with E-state index < -0.39 is 0 Å². The molecule has 0 bridgehead atoms. The van der Waals surface area contributed by atoms with Crippen LogP contribution in [0.1, 0.15) is 36.7 Å². The van der Waals surface area contributed by atoms with Crippen molar-refractivity contribution in [2.75, 3.05) is 13.2 Å². The SMILES string of the molecule is CCCCCn1cc(C(=O)NCCO)nn1. The molecule has 0 aliphatic heterocycles. The van der Waals surface area contributed by atoms with Gasteiger partial charge in [0.05, 0.1) is 12.8 Å². The van der Waals surface area contributed by atoms with E-state index in [-0.39, 0.29) is 19.1 Å². The van der Waals surface area contributed by atoms with E-state index in [4.69, 9.17) is 5.11 Å². The smallest absolute Gasteiger partial charge is 0.273 e. The Morgan fingerprint density at radius 3 is 3.06 bits per heavy atom. The third-order valence-corrected chi connectivity index (χ3v) is 2.16. The summed E-state index contributed by atoms with van der Waals surface area (Å²) >= 11 is 0. The minimum atomic E-state index is -0.296. The average Bonchev–Trinajstić information content (AvgIpc) is 2.75. The van der Waals surface area contributed by atoms with Crippen molar-refractivity contribution in [3.05, 3.63) is 11.9 Å². The highest BCUT2D eigenvalue weighted by molar-refractivity contribution is 5.91. The number of amides is 1. The molecule has 1 aromatic rings. The van der Waals surface area contributed by atoms with Gasteiger partial charge < -0.3 is 10.4 Å². The van der Waals surface area contributed by atoms with E-state index >= 15 is 0 Å². The number of rotatable bonds is 7. The zero-order valence-corrected chi connectivity index (χ0v) is 9.52. The van der Waals surface area contributed by atoms with Crippen LogP contribution in [0.4, 0.5) is 0 Å². The van der Waals surface area contributed by atoms with Crippen molar-refractivity contribution in [3.63, 3.8) is 0 Å². The van der Waals surface area contributed by atoms with Crippen molar-refractivity contribution >= 4 is 5.91 Å². The molecular formula is C10H18N4O2. The van der Waals surface area contributed by atoms with Crippen LogP contribution in [0.5, 0.6) is 0 Å². The second-order valence-corrected chi connectivity index (χ2v) is 3.55. The van der Waals surface area contributed by atoms with Gasteiger partial charge in [-0.25, -0.2) is 0 Å². The minimum absolute atomic E-state index is 0.0730. The lowest BCUT2D eigenvalue weighted by Gasteiger charge is -1.98. The van der Waals surface area contributed by atoms with Crippen LogP contribution in [0.3, 0.4) is 0 Å². The molecule has 1 amide bonds. The average molecular weight is 226 g/mol. The first kappa shape index (κ1) is 12.6. The summed E-state index contributed by atoms with van der Waals surface area (Å²) in [5.74, 6) is -0.296. The fourth-order valence-corrected chi connectivity index (χ4v) is 1.30. The van der Waals surface area contributed by atoms with Crippen LogP contribution in [0.25, 0.3) is 0 Å². The van der Waals surface area contributed by atoms with Crippen LogP contribution < -0.4 is 5.32 Å². The number of hydrogen-bond acceptors (Lipinski definition) is 4. The minimum Gasteiger partial charge on any atom is -0.395 e. The van der Waals surface area contributed by atoms with Crippen molar-refractivity contribution in [1.29, 1.82) is 0 Å². The fraction of sp³-hybridized carbons (Fsp3) is 0.700. The number of hydrogen-bond donors (Lipinski definition) is 2. The van der Waals surface area contributed by atoms with Crippen LogP contribution in [-0.4, -0.2) is 39.2 Å². The highest BCUT2D eigenvalue weighted by atomic mass is 16.3. The summed E-state index contributed by atoms with van der Waals surface area (Å²) in [6.45, 7) is 3.08. The van der Waals surface area contributed by atoms with Crippen molar-refractivity contribution in [1.82, 2.24) is 20.3 Å². The topological polar surface area (TPSA) is 80.0 Å². The molecule has 0 saturated heterocycles. The fourth-order valence-electron chi connectivity index (χ4n) is 1.30. The molecular weight excluding hydrogens is 208 g/mol. The molecule has 1 rings (SSSR count). The Hall–Kier alpha value is -1.43. The normalized spacial score (nSPS) is 10.4. The van der Waals surface area contributed by atoms with E-state index in [2.05, 4.69) is 22.6 Å². The number of nitrogens with zero attached hydrogens (tertiary/aromatic N) is 3. The van der Waals surface area contributed by atoms with Crippen molar-refractivity contribution < 1.29 is 9.90 Å². The van der Waals surface area contributed by atoms with Gasteiger partial charge in [-0.1, -0.05) is 25.0 Å². The molecule has 6 nitrogen and oxygen atoms in total. The molecule has 0 aliphatic rings. The van der Waals surface area contributed by atoms with Crippen molar-refractivity contribution in [2.45, 2.75) is 32.7 Å². The quantitative estimate of drug-likeness (QED) is 0.650. The van der Waals surface area contributed by atoms with Gasteiger partial charge in [0.15, 0.2) is 5.69 Å². The van der Waals surface area contributed by atoms with Gasteiger partial charge in [0.25, 0.3) is 5.91 Å². The zero-order chi connectivity index (χ0) is 11.8. The lowest BCUT2D eigenvalue weighted by atomic mass is 10.2. The van der Waals surface area contributed by atoms with E-state index in [1.54, 1.807) is 10.9 Å². The molecule has 2 N–H and O–H groups in total. The summed E-state index contributed by atoms with van der Waals surface area (Å²) in [6, 6.07) is 0. The summed E-state index contributed by atoms with van der Waals surface area (Å²) < 4.78 is 1.67. The lowest BCUT2D eigenvalue weighted by molar-refractivity contribution is 0.0939. The third-order valence-electron chi connectivity index (χ3n) is 2.16. The highest BCUT2D eigenvalue weighted by Gasteiger charge is 2.09. The lowest BCUT2D eigenvalue weighted by Crippen LogP contribution is -2.26. The Morgan fingerprint density at radius 1 is 1.56 bits per heavy atom. The summed E-state index contributed by atoms with van der Waals surface area (Å²) in [6.07, 6.45) is 4.96. The van der Waals surface area contributed by atoms with E-state index in [1.165, 1.54) is 0 Å². The summed E-state index contributed by atoms with van der Waals surface area (Å²) in [4.78, 5) is 11.4. The summed E-state index contributed by atoms with van der Waals surface area (Å²) in [7, 11) is 0. The molecule has 90 valence electrons. The van der Waals surface area contributed by atoms with Gasteiger partial charge >= 0.3 is 0 Å². The molecule has 0 saturated carbocycles. The molecule has 0 atom stereocenters. The number of carbonyl (C=O) groups excluding carboxylic acids is 1. The number of carbonyl (C=O) groups is 1. The molecule has 0 radical (unpaired) electrons. The molecule has 6 heteroatoms. The molecule has 0 unspecified atom stereocenters. The number of unbranched alkanes of at least 4 members (excludes halogenated alkanes) is 2. The standard InChI is InChI=1S/C10H18N4O2/c1-2-3-4-6-14-8-9(12-13-14)10(16)11-5-7-15/h8,15H,2-7H2,1H3,(H,11,16). The molecule has 16 heavy (non-hydrogen) atoms. The van der Waals surface area contributed by atoms with Gasteiger partial charge in [0.2, 0.25) is 0 Å². The Morgan fingerprint density at radius 2 is 2.38 bits per heavy atom. The largest absolute Gasteiger partial charge is 0.395 e. The second kappa shape index (κ2) is 6.95. The molecule has 0 aliphatic carbocycles. The maximum absolute atomic E-state index is 11.4. The molecule has 0 fully saturated rings. The predicted octanol–water partition coefficient (Wildman–Crippen LogP) is 0.190. The van der Waals surface area contributed by atoms with Crippen LogP contribution in [0.15, 0.2) is 6.20 Å². The van der Waals surface area contributed by atoms with E-state index in [1.807, 2.05) is 0 Å². The monoisotopic (exact) mass is 226 g/mol. The highest BCUT2D eigenvalue weighted by Crippen LogP contribution is 1.99. The van der Waals surface area contributed by atoms with Crippen LogP contribution in [0.2, 0.25) is 0 Å². The molecule has 1 heterocycles. The van der Waals surface area contributed by atoms with E-state index in [0.29, 0.717) is 5.69 Å². The summed E-state index contributed by atoms with van der Waals surface area (Å²) in [5.41, 5.74) is 0.296. The van der Waals surface area contributed by atoms with Gasteiger partial charge in [-0.2, -0.15) is 0 Å². The van der Waals surface area contributed by atoms with Crippen molar-refractivity contribution in [2.24, 2.45) is 0 Å². The summed E-state index contributed by atoms with van der Waals surface area (Å²) in [5, 5.41) is 18.7. The Balaban J connectivity index is 2.41. The van der Waals surface area contributed by atoms with Gasteiger partial charge in [-0.15, -0.1) is 5.10 Å². The number of nitrogens with one attached hydrogen (secondary N) is 1. The van der Waals surface area contributed by atoms with Crippen LogP contribution in [0, 0.1) is 0 Å². The first-order chi connectivity index (χ1) is 7.77. The van der Waals surface area contributed by atoms with E-state index in [0.717, 1.165) is 25.8 Å². The third kappa shape index (κ3) is 3.98. The first-order valence-corrected chi connectivity index (χ1v) is 5.57. The van der Waals surface area contributed by atoms with Crippen LogP contribution in [-0.2, 0) is 6.54 Å². The van der Waals surface area contributed by atoms with Gasteiger partial charge in [0.1, 0.15) is 0 Å². The number of aliphatic hydroxyl groups excluding tert-OH is 1. The maximum atomic E-state index is 11.4.